The molecule has 0 aliphatic carbocycles. The van der Waals surface area contributed by atoms with Crippen LogP contribution >= 0.6 is 0 Å². The molecule has 1 heterocycles. The molecule has 23 heavy (non-hydrogen) atoms. The molecule has 1 fully saturated rings. The lowest BCUT2D eigenvalue weighted by Crippen LogP contribution is -2.36. The molecule has 0 amide bonds. The van der Waals surface area contributed by atoms with Gasteiger partial charge in [0.05, 0.1) is 13.2 Å². The highest BCUT2D eigenvalue weighted by molar-refractivity contribution is 5.22. The lowest BCUT2D eigenvalue weighted by molar-refractivity contribution is 0.140. The van der Waals surface area contributed by atoms with Gasteiger partial charge in [0.1, 0.15) is 0 Å². The minimum atomic E-state index is 0.106. The molecule has 1 saturated heterocycles. The molecule has 122 valence electrons. The van der Waals surface area contributed by atoms with Crippen LogP contribution in [-0.4, -0.2) is 35.8 Å². The summed E-state index contributed by atoms with van der Waals surface area (Å²) < 4.78 is 5.59. The number of rotatable bonds is 7. The van der Waals surface area contributed by atoms with Crippen molar-refractivity contribution in [2.75, 3.05) is 19.8 Å². The van der Waals surface area contributed by atoms with Crippen LogP contribution in [0, 0.1) is 0 Å². The largest absolute Gasteiger partial charge is 0.392 e. The summed E-state index contributed by atoms with van der Waals surface area (Å²) >= 11 is 0. The highest BCUT2D eigenvalue weighted by atomic mass is 16.5. The Balaban J connectivity index is 1.64. The predicted molar refractivity (Wildman–Crippen MR) is 92.1 cm³/mol. The van der Waals surface area contributed by atoms with E-state index in [0.29, 0.717) is 6.04 Å². The van der Waals surface area contributed by atoms with Crippen LogP contribution in [0.25, 0.3) is 0 Å². The zero-order valence-electron chi connectivity index (χ0n) is 13.5. The summed E-state index contributed by atoms with van der Waals surface area (Å²) in [6.07, 6.45) is 2.18. The molecule has 3 nitrogen and oxygen atoms in total. The van der Waals surface area contributed by atoms with Crippen molar-refractivity contribution in [2.45, 2.75) is 32.0 Å². The number of hydrogen-bond donors (Lipinski definition) is 1. The second-order valence-electron chi connectivity index (χ2n) is 6.20. The fourth-order valence-electron chi connectivity index (χ4n) is 3.10. The van der Waals surface area contributed by atoms with Crippen molar-refractivity contribution in [1.82, 2.24) is 4.90 Å². The van der Waals surface area contributed by atoms with Crippen molar-refractivity contribution in [3.63, 3.8) is 0 Å². The van der Waals surface area contributed by atoms with E-state index in [1.807, 2.05) is 12.1 Å². The topological polar surface area (TPSA) is 32.7 Å². The fraction of sp³-hybridized carbons (Fsp3) is 0.400. The Kier molecular flexibility index (Phi) is 5.81. The summed E-state index contributed by atoms with van der Waals surface area (Å²) in [7, 11) is 0. The molecule has 1 unspecified atom stereocenters. The van der Waals surface area contributed by atoms with Crippen molar-refractivity contribution in [3.05, 3.63) is 71.3 Å². The third-order valence-electron chi connectivity index (χ3n) is 4.54. The summed E-state index contributed by atoms with van der Waals surface area (Å²) in [5.74, 6) is 0. The first kappa shape index (κ1) is 16.2. The van der Waals surface area contributed by atoms with Crippen LogP contribution in [0.15, 0.2) is 54.6 Å². The number of hydrogen-bond acceptors (Lipinski definition) is 3. The number of nitrogens with zero attached hydrogens (tertiary/aromatic N) is 1. The van der Waals surface area contributed by atoms with Crippen LogP contribution in [0.1, 0.15) is 23.1 Å². The second kappa shape index (κ2) is 8.25. The van der Waals surface area contributed by atoms with Gasteiger partial charge in [-0.2, -0.15) is 0 Å². The van der Waals surface area contributed by atoms with Gasteiger partial charge >= 0.3 is 0 Å². The molecular formula is C20H25NO2. The second-order valence-corrected chi connectivity index (χ2v) is 6.20. The van der Waals surface area contributed by atoms with Crippen molar-refractivity contribution < 1.29 is 9.84 Å². The van der Waals surface area contributed by atoms with Crippen LogP contribution in [0.2, 0.25) is 0 Å². The number of ether oxygens (including phenoxy) is 1. The Morgan fingerprint density at radius 1 is 0.957 bits per heavy atom. The van der Waals surface area contributed by atoms with Gasteiger partial charge in [0, 0.05) is 25.7 Å². The van der Waals surface area contributed by atoms with Crippen molar-refractivity contribution in [1.29, 1.82) is 0 Å². The summed E-state index contributed by atoms with van der Waals surface area (Å²) in [5.41, 5.74) is 3.64. The van der Waals surface area contributed by atoms with E-state index >= 15 is 0 Å². The van der Waals surface area contributed by atoms with Crippen molar-refractivity contribution in [2.24, 2.45) is 0 Å². The van der Waals surface area contributed by atoms with E-state index in [1.165, 1.54) is 11.1 Å². The quantitative estimate of drug-likeness (QED) is 0.853. The van der Waals surface area contributed by atoms with Gasteiger partial charge in [-0.3, -0.25) is 4.90 Å². The Hall–Kier alpha value is -1.68. The van der Waals surface area contributed by atoms with E-state index in [-0.39, 0.29) is 6.61 Å². The molecule has 2 aromatic rings. The van der Waals surface area contributed by atoms with Gasteiger partial charge in [0.2, 0.25) is 0 Å². The SMILES string of the molecule is OCc1ccc(CN(CCc2ccccc2)C2CCOC2)cc1. The smallest absolute Gasteiger partial charge is 0.0681 e. The minimum absolute atomic E-state index is 0.106. The molecule has 1 aliphatic heterocycles. The summed E-state index contributed by atoms with van der Waals surface area (Å²) in [5, 5.41) is 9.17. The van der Waals surface area contributed by atoms with Crippen molar-refractivity contribution >= 4 is 0 Å². The highest BCUT2D eigenvalue weighted by Gasteiger charge is 2.23. The molecule has 1 atom stereocenters. The number of benzene rings is 2. The minimum Gasteiger partial charge on any atom is -0.392 e. The van der Waals surface area contributed by atoms with Gasteiger partial charge in [-0.1, -0.05) is 54.6 Å². The van der Waals surface area contributed by atoms with Crippen molar-refractivity contribution in [3.8, 4) is 0 Å². The monoisotopic (exact) mass is 311 g/mol. The van der Waals surface area contributed by atoms with Crippen LogP contribution in [-0.2, 0) is 24.3 Å². The van der Waals surface area contributed by atoms with Crippen LogP contribution in [0.5, 0.6) is 0 Å². The molecule has 1 N–H and O–H groups in total. The molecular weight excluding hydrogens is 286 g/mol. The van der Waals surface area contributed by atoms with Gasteiger partial charge in [0.25, 0.3) is 0 Å². The van der Waals surface area contributed by atoms with E-state index in [1.54, 1.807) is 0 Å². The standard InChI is InChI=1S/C20H25NO2/c22-15-19-8-6-18(7-9-19)14-21(20-11-13-23-16-20)12-10-17-4-2-1-3-5-17/h1-9,20,22H,10-16H2. The Labute approximate surface area is 138 Å². The van der Waals surface area contributed by atoms with E-state index in [4.69, 9.17) is 9.84 Å². The van der Waals surface area contributed by atoms with Gasteiger partial charge in [-0.25, -0.2) is 0 Å². The first-order chi connectivity index (χ1) is 11.3. The molecule has 0 aromatic heterocycles. The van der Waals surface area contributed by atoms with Gasteiger partial charge < -0.3 is 9.84 Å². The highest BCUT2D eigenvalue weighted by Crippen LogP contribution is 2.17. The first-order valence-corrected chi connectivity index (χ1v) is 8.39. The van der Waals surface area contributed by atoms with Crippen LogP contribution in [0.4, 0.5) is 0 Å². The predicted octanol–water partition coefficient (Wildman–Crippen LogP) is 3.01. The molecule has 0 saturated carbocycles. The molecule has 0 radical (unpaired) electrons. The van der Waals surface area contributed by atoms with E-state index in [2.05, 4.69) is 47.4 Å². The third kappa shape index (κ3) is 4.64. The number of aliphatic hydroxyl groups is 1. The van der Waals surface area contributed by atoms with E-state index in [0.717, 1.165) is 44.7 Å². The van der Waals surface area contributed by atoms with E-state index < -0.39 is 0 Å². The summed E-state index contributed by atoms with van der Waals surface area (Å²) in [6, 6.07) is 19.4. The molecule has 3 rings (SSSR count). The van der Waals surface area contributed by atoms with Gasteiger partial charge in [-0.15, -0.1) is 0 Å². The van der Waals surface area contributed by atoms with Crippen LogP contribution in [0.3, 0.4) is 0 Å². The lowest BCUT2D eigenvalue weighted by Gasteiger charge is -2.28. The summed E-state index contributed by atoms with van der Waals surface area (Å²) in [6.45, 7) is 3.79. The molecule has 0 spiro atoms. The summed E-state index contributed by atoms with van der Waals surface area (Å²) in [4.78, 5) is 2.54. The molecule has 3 heteroatoms. The van der Waals surface area contributed by atoms with Crippen LogP contribution < -0.4 is 0 Å². The average Bonchev–Trinajstić information content (AvgIpc) is 3.14. The first-order valence-electron chi connectivity index (χ1n) is 8.39. The lowest BCUT2D eigenvalue weighted by atomic mass is 10.1. The van der Waals surface area contributed by atoms with Gasteiger partial charge in [0.15, 0.2) is 0 Å². The Morgan fingerprint density at radius 2 is 1.70 bits per heavy atom. The molecule has 0 bridgehead atoms. The fourth-order valence-corrected chi connectivity index (χ4v) is 3.10. The van der Waals surface area contributed by atoms with E-state index in [9.17, 15) is 0 Å². The van der Waals surface area contributed by atoms with Gasteiger partial charge in [-0.05, 0) is 29.5 Å². The molecule has 2 aromatic carbocycles. The average molecular weight is 311 g/mol. The Morgan fingerprint density at radius 3 is 2.35 bits per heavy atom. The zero-order valence-corrected chi connectivity index (χ0v) is 13.5. The zero-order chi connectivity index (χ0) is 15.9. The maximum absolute atomic E-state index is 9.17. The maximum atomic E-state index is 9.17. The number of aliphatic hydroxyl groups excluding tert-OH is 1. The Bertz CT molecular complexity index is 576. The normalized spacial score (nSPS) is 17.7. The third-order valence-corrected chi connectivity index (χ3v) is 4.54. The maximum Gasteiger partial charge on any atom is 0.0681 e. The molecule has 1 aliphatic rings.